The number of rotatable bonds is 6. The van der Waals surface area contributed by atoms with Crippen LogP contribution in [0.2, 0.25) is 0 Å². The highest BCUT2D eigenvalue weighted by molar-refractivity contribution is 5.79. The number of hydrogen-bond acceptors (Lipinski definition) is 4. The molecule has 136 valence electrons. The molecule has 1 aromatic heterocycles. The maximum absolute atomic E-state index is 12.9. The molecule has 0 saturated heterocycles. The van der Waals surface area contributed by atoms with Crippen LogP contribution < -0.4 is 15.4 Å². The third kappa shape index (κ3) is 5.37. The second kappa shape index (κ2) is 8.36. The normalized spacial score (nSPS) is 12.1. The van der Waals surface area contributed by atoms with Crippen molar-refractivity contribution < 1.29 is 17.9 Å². The predicted octanol–water partition coefficient (Wildman–Crippen LogP) is 1.58. The van der Waals surface area contributed by atoms with Crippen molar-refractivity contribution in [3.63, 3.8) is 0 Å². The van der Waals surface area contributed by atoms with Gasteiger partial charge in [0.05, 0.1) is 18.7 Å². The molecule has 0 aliphatic heterocycles. The van der Waals surface area contributed by atoms with E-state index in [0.717, 1.165) is 11.9 Å². The van der Waals surface area contributed by atoms with Gasteiger partial charge in [0, 0.05) is 14.1 Å². The first-order valence-electron chi connectivity index (χ1n) is 7.48. The van der Waals surface area contributed by atoms with E-state index in [-0.39, 0.29) is 18.9 Å². The molecule has 0 spiro atoms. The first kappa shape index (κ1) is 18.6. The number of benzene rings is 1. The Kier molecular flexibility index (Phi) is 6.20. The molecule has 2 N–H and O–H groups in total. The summed E-state index contributed by atoms with van der Waals surface area (Å²) in [6, 6.07) is 5.11. The summed E-state index contributed by atoms with van der Waals surface area (Å²) in [5.74, 6) is 1.01. The second-order valence-electron chi connectivity index (χ2n) is 4.99. The number of halogens is 3. The van der Waals surface area contributed by atoms with Crippen molar-refractivity contribution >= 4 is 5.96 Å². The average molecular weight is 356 g/mol. The van der Waals surface area contributed by atoms with Crippen molar-refractivity contribution in [1.82, 2.24) is 25.4 Å². The van der Waals surface area contributed by atoms with Crippen molar-refractivity contribution in [2.24, 2.45) is 12.0 Å². The van der Waals surface area contributed by atoms with Gasteiger partial charge in [0.15, 0.2) is 5.96 Å². The molecule has 0 fully saturated rings. The van der Waals surface area contributed by atoms with E-state index in [4.69, 9.17) is 4.74 Å². The Morgan fingerprint density at radius 3 is 2.68 bits per heavy atom. The first-order valence-corrected chi connectivity index (χ1v) is 7.48. The monoisotopic (exact) mass is 356 g/mol. The molecule has 2 aromatic rings. The molecule has 0 aliphatic carbocycles. The molecule has 25 heavy (non-hydrogen) atoms. The van der Waals surface area contributed by atoms with E-state index in [0.29, 0.717) is 12.5 Å². The quantitative estimate of drug-likeness (QED) is 0.467. The second-order valence-corrected chi connectivity index (χ2v) is 4.99. The van der Waals surface area contributed by atoms with Crippen LogP contribution >= 0.6 is 0 Å². The molecule has 1 aromatic carbocycles. The van der Waals surface area contributed by atoms with E-state index >= 15 is 0 Å². The molecule has 1 heterocycles. The number of aryl methyl sites for hydroxylation is 1. The molecule has 10 heteroatoms. The fraction of sp³-hybridized carbons (Fsp3) is 0.400. The SMILES string of the molecule is CN=C(NCCOc1ccccc1C(F)(F)F)NCc1ncnn1C. The lowest BCUT2D eigenvalue weighted by Gasteiger charge is -2.15. The summed E-state index contributed by atoms with van der Waals surface area (Å²) in [6.45, 7) is 0.746. The zero-order valence-corrected chi connectivity index (χ0v) is 13.8. The van der Waals surface area contributed by atoms with Crippen LogP contribution in [0.1, 0.15) is 11.4 Å². The Bertz CT molecular complexity index is 713. The zero-order chi connectivity index (χ0) is 18.3. The molecule has 0 unspecified atom stereocenters. The molecular formula is C15H19F3N6O. The number of nitrogens with zero attached hydrogens (tertiary/aromatic N) is 4. The van der Waals surface area contributed by atoms with Gasteiger partial charge in [-0.15, -0.1) is 0 Å². The minimum atomic E-state index is -4.45. The summed E-state index contributed by atoms with van der Waals surface area (Å²) < 4.78 is 45.5. The standard InChI is InChI=1S/C15H19F3N6O/c1-19-14(21-9-13-22-10-23-24(13)2)20-7-8-25-12-6-4-3-5-11(12)15(16,17)18/h3-6,10H,7-9H2,1-2H3,(H2,19,20,21). The van der Waals surface area contributed by atoms with Crippen molar-refractivity contribution in [3.05, 3.63) is 42.0 Å². The van der Waals surface area contributed by atoms with Crippen molar-refractivity contribution in [1.29, 1.82) is 0 Å². The fourth-order valence-electron chi connectivity index (χ4n) is 2.02. The number of ether oxygens (including phenoxy) is 1. The lowest BCUT2D eigenvalue weighted by atomic mass is 10.2. The molecule has 0 atom stereocenters. The average Bonchev–Trinajstić information content (AvgIpc) is 2.99. The summed E-state index contributed by atoms with van der Waals surface area (Å²) in [5, 5.41) is 9.93. The number of guanidine groups is 1. The third-order valence-corrected chi connectivity index (χ3v) is 3.29. The van der Waals surface area contributed by atoms with E-state index in [1.807, 2.05) is 0 Å². The van der Waals surface area contributed by atoms with Crippen LogP contribution in [0.15, 0.2) is 35.6 Å². The van der Waals surface area contributed by atoms with Crippen molar-refractivity contribution in [2.45, 2.75) is 12.7 Å². The fourth-order valence-corrected chi connectivity index (χ4v) is 2.02. The summed E-state index contributed by atoms with van der Waals surface area (Å²) >= 11 is 0. The largest absolute Gasteiger partial charge is 0.491 e. The Labute approximate surface area is 142 Å². The number of para-hydroxylation sites is 1. The van der Waals surface area contributed by atoms with Crippen LogP contribution in [0.4, 0.5) is 13.2 Å². The molecule has 2 rings (SSSR count). The van der Waals surface area contributed by atoms with Gasteiger partial charge in [-0.2, -0.15) is 18.3 Å². The van der Waals surface area contributed by atoms with Gasteiger partial charge in [0.2, 0.25) is 0 Å². The minimum absolute atomic E-state index is 0.0533. The molecule has 0 aliphatic rings. The van der Waals surface area contributed by atoms with Crippen LogP contribution in [-0.2, 0) is 19.8 Å². The molecule has 0 bridgehead atoms. The van der Waals surface area contributed by atoms with Gasteiger partial charge < -0.3 is 15.4 Å². The molecular weight excluding hydrogens is 337 g/mol. The van der Waals surface area contributed by atoms with E-state index in [2.05, 4.69) is 25.7 Å². The van der Waals surface area contributed by atoms with Gasteiger partial charge in [0.25, 0.3) is 0 Å². The molecule has 0 radical (unpaired) electrons. The van der Waals surface area contributed by atoms with Crippen molar-refractivity contribution in [2.75, 3.05) is 20.2 Å². The van der Waals surface area contributed by atoms with Gasteiger partial charge in [-0.05, 0) is 12.1 Å². The molecule has 0 saturated carbocycles. The summed E-state index contributed by atoms with van der Waals surface area (Å²) in [6.07, 6.45) is -3.00. The predicted molar refractivity (Wildman–Crippen MR) is 86.1 cm³/mol. The van der Waals surface area contributed by atoms with E-state index in [9.17, 15) is 13.2 Å². The van der Waals surface area contributed by atoms with Crippen LogP contribution in [0, 0.1) is 0 Å². The van der Waals surface area contributed by atoms with Gasteiger partial charge in [0.1, 0.15) is 24.5 Å². The highest BCUT2D eigenvalue weighted by Crippen LogP contribution is 2.35. The van der Waals surface area contributed by atoms with Gasteiger partial charge >= 0.3 is 6.18 Å². The lowest BCUT2D eigenvalue weighted by molar-refractivity contribution is -0.138. The molecule has 0 amide bonds. The van der Waals surface area contributed by atoms with Gasteiger partial charge in [-0.3, -0.25) is 9.67 Å². The number of nitrogens with one attached hydrogen (secondary N) is 2. The van der Waals surface area contributed by atoms with Crippen LogP contribution in [0.25, 0.3) is 0 Å². The topological polar surface area (TPSA) is 76.4 Å². The van der Waals surface area contributed by atoms with Crippen LogP contribution in [0.5, 0.6) is 5.75 Å². The summed E-state index contributed by atoms with van der Waals surface area (Å²) in [7, 11) is 3.36. The Balaban J connectivity index is 1.79. The summed E-state index contributed by atoms with van der Waals surface area (Å²) in [4.78, 5) is 8.09. The van der Waals surface area contributed by atoms with Gasteiger partial charge in [-0.25, -0.2) is 4.98 Å². The smallest absolute Gasteiger partial charge is 0.419 e. The maximum Gasteiger partial charge on any atom is 0.419 e. The first-order chi connectivity index (χ1) is 11.9. The van der Waals surface area contributed by atoms with Gasteiger partial charge in [-0.1, -0.05) is 12.1 Å². The van der Waals surface area contributed by atoms with Crippen LogP contribution in [-0.4, -0.2) is 40.9 Å². The Morgan fingerprint density at radius 1 is 1.28 bits per heavy atom. The zero-order valence-electron chi connectivity index (χ0n) is 13.8. The number of aliphatic imine (C=N–C) groups is 1. The van der Waals surface area contributed by atoms with Crippen LogP contribution in [0.3, 0.4) is 0 Å². The lowest BCUT2D eigenvalue weighted by Crippen LogP contribution is -2.39. The highest BCUT2D eigenvalue weighted by atomic mass is 19.4. The Morgan fingerprint density at radius 2 is 2.04 bits per heavy atom. The number of alkyl halides is 3. The Hall–Kier alpha value is -2.78. The van der Waals surface area contributed by atoms with Crippen molar-refractivity contribution in [3.8, 4) is 5.75 Å². The minimum Gasteiger partial charge on any atom is -0.491 e. The van der Waals surface area contributed by atoms with E-state index in [1.54, 1.807) is 18.8 Å². The number of aromatic nitrogens is 3. The highest BCUT2D eigenvalue weighted by Gasteiger charge is 2.33. The van der Waals surface area contributed by atoms with E-state index in [1.165, 1.54) is 24.5 Å². The maximum atomic E-state index is 12.9. The molecule has 7 nitrogen and oxygen atoms in total. The third-order valence-electron chi connectivity index (χ3n) is 3.29. The summed E-state index contributed by atoms with van der Waals surface area (Å²) in [5.41, 5.74) is -0.792. The van der Waals surface area contributed by atoms with E-state index < -0.39 is 11.7 Å². The number of hydrogen-bond donors (Lipinski definition) is 2.